The van der Waals surface area contributed by atoms with Crippen LogP contribution in [0.25, 0.3) is 0 Å². The highest BCUT2D eigenvalue weighted by Crippen LogP contribution is 2.63. The minimum absolute atomic E-state index is 0.112. The Morgan fingerprint density at radius 2 is 1.90 bits per heavy atom. The predicted molar refractivity (Wildman–Crippen MR) is 83.6 cm³/mol. The van der Waals surface area contributed by atoms with Crippen LogP contribution in [0.15, 0.2) is 23.8 Å². The largest absolute Gasteiger partial charge is 0.393 e. The van der Waals surface area contributed by atoms with Crippen molar-refractivity contribution in [3.8, 4) is 0 Å². The summed E-state index contributed by atoms with van der Waals surface area (Å²) in [5.41, 5.74) is 1.97. The lowest BCUT2D eigenvalue weighted by atomic mass is 9.50. The second-order valence-electron chi connectivity index (χ2n) is 8.41. The average Bonchev–Trinajstić information content (AvgIpc) is 2.76. The molecule has 2 heteroatoms. The first-order valence-electron chi connectivity index (χ1n) is 8.70. The first kappa shape index (κ1) is 14.0. The van der Waals surface area contributed by atoms with Crippen molar-refractivity contribution in [3.63, 3.8) is 0 Å². The highest BCUT2D eigenvalue weighted by molar-refractivity contribution is 5.31. The van der Waals surface area contributed by atoms with Crippen LogP contribution in [0, 0.1) is 28.6 Å². The van der Waals surface area contributed by atoms with Crippen LogP contribution in [-0.2, 0) is 0 Å². The monoisotopic (exact) mass is 288 g/mol. The Balaban J connectivity index is 1.72. The molecule has 0 aromatic heterocycles. The molecule has 4 aliphatic rings. The fourth-order valence-electron chi connectivity index (χ4n) is 6.03. The number of hydrogen-bond donors (Lipinski definition) is 2. The van der Waals surface area contributed by atoms with Gasteiger partial charge in [0.25, 0.3) is 0 Å². The van der Waals surface area contributed by atoms with Gasteiger partial charge >= 0.3 is 0 Å². The number of aliphatic hydroxyl groups excluding tert-OH is 2. The Bertz CT molecular complexity index is 508. The Kier molecular flexibility index (Phi) is 2.97. The summed E-state index contributed by atoms with van der Waals surface area (Å²) in [6.07, 6.45) is 13.0. The lowest BCUT2D eigenvalue weighted by Gasteiger charge is -2.55. The minimum atomic E-state index is -0.250. The van der Waals surface area contributed by atoms with Crippen molar-refractivity contribution in [2.75, 3.05) is 0 Å². The van der Waals surface area contributed by atoms with E-state index in [9.17, 15) is 10.2 Å². The van der Waals surface area contributed by atoms with E-state index in [0.29, 0.717) is 17.8 Å². The van der Waals surface area contributed by atoms with Crippen LogP contribution in [0.2, 0.25) is 0 Å². The molecule has 7 atom stereocenters. The molecule has 2 N–H and O–H groups in total. The summed E-state index contributed by atoms with van der Waals surface area (Å²) in [7, 11) is 0. The highest BCUT2D eigenvalue weighted by Gasteiger charge is 2.56. The van der Waals surface area contributed by atoms with Crippen LogP contribution < -0.4 is 0 Å². The molecule has 0 radical (unpaired) electrons. The van der Waals surface area contributed by atoms with Gasteiger partial charge in [0.05, 0.1) is 12.2 Å². The second-order valence-corrected chi connectivity index (χ2v) is 8.41. The molecule has 0 saturated heterocycles. The number of rotatable bonds is 0. The third-order valence-electron chi connectivity index (χ3n) is 7.53. The normalized spacial score (nSPS) is 55.4. The highest BCUT2D eigenvalue weighted by atomic mass is 16.3. The van der Waals surface area contributed by atoms with Crippen LogP contribution >= 0.6 is 0 Å². The lowest BCUT2D eigenvalue weighted by molar-refractivity contribution is -0.00725. The van der Waals surface area contributed by atoms with E-state index < -0.39 is 0 Å². The molecule has 4 rings (SSSR count). The van der Waals surface area contributed by atoms with Crippen molar-refractivity contribution in [1.29, 1.82) is 0 Å². The van der Waals surface area contributed by atoms with Gasteiger partial charge < -0.3 is 10.2 Å². The zero-order valence-electron chi connectivity index (χ0n) is 13.3. The summed E-state index contributed by atoms with van der Waals surface area (Å²) in [6, 6.07) is 0. The van der Waals surface area contributed by atoms with Gasteiger partial charge in [0, 0.05) is 5.41 Å². The maximum atomic E-state index is 10.4. The Morgan fingerprint density at radius 3 is 2.71 bits per heavy atom. The standard InChI is InChI=1S/C19H28O2/c1-18-9-7-13(20)11-12(18)3-4-14-15-5-6-17(21)19(15,2)10-8-16(14)18/h4,7,9,12-13,15-17,20-21H,3,5-6,8,10-11H2,1-2H3/t12?,13?,15-,16+,17?,18-,19-/m0/s1. The van der Waals surface area contributed by atoms with Gasteiger partial charge in [-0.25, -0.2) is 0 Å². The smallest absolute Gasteiger partial charge is 0.0724 e. The molecule has 0 heterocycles. The molecule has 2 nitrogen and oxygen atoms in total. The van der Waals surface area contributed by atoms with E-state index in [1.54, 1.807) is 5.57 Å². The molecular formula is C19H28O2. The SMILES string of the molecule is C[C@]12C=CC(O)CC1CC=C1[C@H]2CC[C@]2(C)C(O)CC[C@@H]12. The predicted octanol–water partition coefficient (Wildman–Crippen LogP) is 3.45. The second kappa shape index (κ2) is 4.45. The van der Waals surface area contributed by atoms with E-state index in [1.165, 1.54) is 6.42 Å². The fraction of sp³-hybridized carbons (Fsp3) is 0.789. The summed E-state index contributed by atoms with van der Waals surface area (Å²) in [4.78, 5) is 0. The van der Waals surface area contributed by atoms with Crippen molar-refractivity contribution >= 4 is 0 Å². The van der Waals surface area contributed by atoms with E-state index in [1.807, 2.05) is 6.08 Å². The van der Waals surface area contributed by atoms with Crippen molar-refractivity contribution in [1.82, 2.24) is 0 Å². The van der Waals surface area contributed by atoms with Crippen LogP contribution in [0.3, 0.4) is 0 Å². The molecular weight excluding hydrogens is 260 g/mol. The van der Waals surface area contributed by atoms with Gasteiger partial charge in [-0.3, -0.25) is 0 Å². The van der Waals surface area contributed by atoms with Gasteiger partial charge in [0.2, 0.25) is 0 Å². The van der Waals surface area contributed by atoms with Gasteiger partial charge in [-0.05, 0) is 61.7 Å². The maximum absolute atomic E-state index is 10.4. The summed E-state index contributed by atoms with van der Waals surface area (Å²) in [5, 5.41) is 20.4. The molecule has 0 amide bonds. The number of allylic oxidation sites excluding steroid dienone is 3. The molecule has 21 heavy (non-hydrogen) atoms. The summed E-state index contributed by atoms with van der Waals surface area (Å²) < 4.78 is 0. The van der Waals surface area contributed by atoms with Crippen LogP contribution in [0.1, 0.15) is 52.4 Å². The van der Waals surface area contributed by atoms with E-state index in [0.717, 1.165) is 32.1 Å². The van der Waals surface area contributed by atoms with Crippen LogP contribution in [0.5, 0.6) is 0 Å². The zero-order valence-corrected chi connectivity index (χ0v) is 13.3. The van der Waals surface area contributed by atoms with E-state index in [4.69, 9.17) is 0 Å². The first-order valence-corrected chi connectivity index (χ1v) is 8.70. The lowest BCUT2D eigenvalue weighted by Crippen LogP contribution is -2.48. The van der Waals surface area contributed by atoms with E-state index >= 15 is 0 Å². The number of aliphatic hydroxyl groups is 2. The molecule has 116 valence electrons. The zero-order chi connectivity index (χ0) is 14.8. The molecule has 4 aliphatic carbocycles. The van der Waals surface area contributed by atoms with Gasteiger partial charge in [0.1, 0.15) is 0 Å². The van der Waals surface area contributed by atoms with E-state index in [2.05, 4.69) is 26.0 Å². The summed E-state index contributed by atoms with van der Waals surface area (Å²) in [5.74, 6) is 1.80. The Labute approximate surface area is 127 Å². The fourth-order valence-corrected chi connectivity index (χ4v) is 6.03. The Morgan fingerprint density at radius 1 is 1.10 bits per heavy atom. The molecule has 2 saturated carbocycles. The molecule has 2 fully saturated rings. The van der Waals surface area contributed by atoms with Gasteiger partial charge in [0.15, 0.2) is 0 Å². The summed E-state index contributed by atoms with van der Waals surface area (Å²) >= 11 is 0. The third-order valence-corrected chi connectivity index (χ3v) is 7.53. The van der Waals surface area contributed by atoms with Crippen molar-refractivity contribution in [2.45, 2.75) is 64.6 Å². The van der Waals surface area contributed by atoms with Gasteiger partial charge in [-0.15, -0.1) is 0 Å². The molecule has 0 aliphatic heterocycles. The third kappa shape index (κ3) is 1.78. The summed E-state index contributed by atoms with van der Waals surface area (Å²) in [6.45, 7) is 4.72. The number of fused-ring (bicyclic) bond motifs is 5. The molecule has 0 aromatic carbocycles. The topological polar surface area (TPSA) is 40.5 Å². The van der Waals surface area contributed by atoms with Crippen molar-refractivity contribution < 1.29 is 10.2 Å². The number of hydrogen-bond acceptors (Lipinski definition) is 2. The maximum Gasteiger partial charge on any atom is 0.0724 e. The molecule has 0 spiro atoms. The van der Waals surface area contributed by atoms with Crippen LogP contribution in [0.4, 0.5) is 0 Å². The Hall–Kier alpha value is -0.600. The first-order chi connectivity index (χ1) is 9.95. The van der Waals surface area contributed by atoms with Crippen molar-refractivity contribution in [2.24, 2.45) is 28.6 Å². The minimum Gasteiger partial charge on any atom is -0.393 e. The molecule has 0 aromatic rings. The molecule has 0 bridgehead atoms. The van der Waals surface area contributed by atoms with Gasteiger partial charge in [-0.1, -0.05) is 37.6 Å². The van der Waals surface area contributed by atoms with Crippen molar-refractivity contribution in [3.05, 3.63) is 23.8 Å². The quantitative estimate of drug-likeness (QED) is 0.670. The average molecular weight is 288 g/mol. The van der Waals surface area contributed by atoms with E-state index in [-0.39, 0.29) is 23.0 Å². The van der Waals surface area contributed by atoms with Crippen LogP contribution in [-0.4, -0.2) is 22.4 Å². The van der Waals surface area contributed by atoms with Gasteiger partial charge in [-0.2, -0.15) is 0 Å². The molecule has 3 unspecified atom stereocenters.